The molecule has 0 spiro atoms. The van der Waals surface area contributed by atoms with Gasteiger partial charge in [0.2, 0.25) is 5.88 Å². The summed E-state index contributed by atoms with van der Waals surface area (Å²) in [5.74, 6) is 0.0949. The van der Waals surface area contributed by atoms with E-state index in [0.717, 1.165) is 12.5 Å². The Hall–Kier alpha value is -1.99. The zero-order chi connectivity index (χ0) is 14.8. The van der Waals surface area contributed by atoms with Crippen molar-refractivity contribution >= 4 is 9.84 Å². The topological polar surface area (TPSA) is 82.3 Å². The highest BCUT2D eigenvalue weighted by Gasteiger charge is 2.09. The maximum Gasteiger partial charge on any atom is 0.223 e. The third kappa shape index (κ3) is 3.31. The summed E-state index contributed by atoms with van der Waals surface area (Å²) >= 11 is 0. The summed E-state index contributed by atoms with van der Waals surface area (Å²) < 4.78 is 41.1. The lowest BCUT2D eigenvalue weighted by atomic mass is 10.2. The zero-order valence-electron chi connectivity index (χ0n) is 10.7. The van der Waals surface area contributed by atoms with Crippen LogP contribution >= 0.6 is 0 Å². The molecule has 5 nitrogen and oxygen atoms in total. The second-order valence-corrected chi connectivity index (χ2v) is 6.18. The van der Waals surface area contributed by atoms with Crippen LogP contribution in [0.1, 0.15) is 5.56 Å². The van der Waals surface area contributed by atoms with Gasteiger partial charge in [0.15, 0.2) is 9.84 Å². The number of hydrogen-bond acceptors (Lipinski definition) is 5. The molecule has 1 heterocycles. The Kier molecular flexibility index (Phi) is 4.01. The Morgan fingerprint density at radius 3 is 2.50 bits per heavy atom. The lowest BCUT2D eigenvalue weighted by Crippen LogP contribution is -2.02. The normalized spacial score (nSPS) is 11.3. The minimum atomic E-state index is -3.25. The Morgan fingerprint density at radius 2 is 1.95 bits per heavy atom. The van der Waals surface area contributed by atoms with Gasteiger partial charge in [0.05, 0.1) is 11.1 Å². The van der Waals surface area contributed by atoms with Gasteiger partial charge in [-0.3, -0.25) is 0 Å². The minimum Gasteiger partial charge on any atom is -0.439 e. The number of ether oxygens (including phenoxy) is 1. The van der Waals surface area contributed by atoms with Crippen LogP contribution in [-0.2, 0) is 16.4 Å². The van der Waals surface area contributed by atoms with Crippen LogP contribution < -0.4 is 10.5 Å². The molecule has 7 heteroatoms. The van der Waals surface area contributed by atoms with Gasteiger partial charge in [0.1, 0.15) is 11.6 Å². The second kappa shape index (κ2) is 5.56. The second-order valence-electron chi connectivity index (χ2n) is 4.17. The van der Waals surface area contributed by atoms with E-state index in [1.54, 1.807) is 0 Å². The van der Waals surface area contributed by atoms with E-state index >= 15 is 0 Å². The predicted octanol–water partition coefficient (Wildman–Crippen LogP) is 1.88. The maximum absolute atomic E-state index is 13.0. The fourth-order valence-corrected chi connectivity index (χ4v) is 2.20. The van der Waals surface area contributed by atoms with E-state index in [-0.39, 0.29) is 17.3 Å². The zero-order valence-corrected chi connectivity index (χ0v) is 11.5. The molecule has 0 unspecified atom stereocenters. The number of rotatable bonds is 4. The largest absolute Gasteiger partial charge is 0.439 e. The van der Waals surface area contributed by atoms with E-state index in [9.17, 15) is 12.8 Å². The van der Waals surface area contributed by atoms with Crippen molar-refractivity contribution < 1.29 is 17.5 Å². The van der Waals surface area contributed by atoms with E-state index in [4.69, 9.17) is 10.5 Å². The van der Waals surface area contributed by atoms with Crippen molar-refractivity contribution in [2.75, 3.05) is 6.26 Å². The van der Waals surface area contributed by atoms with E-state index < -0.39 is 15.7 Å². The predicted molar refractivity (Wildman–Crippen MR) is 71.7 cm³/mol. The number of sulfone groups is 1. The summed E-state index contributed by atoms with van der Waals surface area (Å²) in [5, 5.41) is 0. The van der Waals surface area contributed by atoms with Crippen LogP contribution in [0.4, 0.5) is 4.39 Å². The summed E-state index contributed by atoms with van der Waals surface area (Å²) in [6.07, 6.45) is 2.15. The van der Waals surface area contributed by atoms with Crippen molar-refractivity contribution in [3.05, 3.63) is 47.9 Å². The van der Waals surface area contributed by atoms with E-state index in [0.29, 0.717) is 11.3 Å². The molecule has 2 aromatic rings. The molecule has 0 aliphatic carbocycles. The first-order valence-corrected chi connectivity index (χ1v) is 7.62. The van der Waals surface area contributed by atoms with Crippen LogP contribution in [0, 0.1) is 5.82 Å². The molecule has 0 atom stereocenters. The first kappa shape index (κ1) is 14.4. The maximum atomic E-state index is 13.0. The molecule has 2 N–H and O–H groups in total. The van der Waals surface area contributed by atoms with Crippen molar-refractivity contribution in [3.63, 3.8) is 0 Å². The van der Waals surface area contributed by atoms with Crippen LogP contribution in [-0.4, -0.2) is 19.7 Å². The number of pyridine rings is 1. The van der Waals surface area contributed by atoms with Crippen molar-refractivity contribution in [2.24, 2.45) is 5.73 Å². The average Bonchev–Trinajstić information content (AvgIpc) is 2.40. The number of hydrogen-bond donors (Lipinski definition) is 1. The molecule has 0 aliphatic rings. The fraction of sp³-hybridized carbons (Fsp3) is 0.154. The lowest BCUT2D eigenvalue weighted by Gasteiger charge is -2.09. The quantitative estimate of drug-likeness (QED) is 0.931. The molecule has 1 aromatic heterocycles. The molecule has 0 saturated heterocycles. The molecule has 1 aromatic carbocycles. The standard InChI is InChI=1S/C13H13FN2O3S/c1-20(17,18)12-4-2-11(3-5-12)19-13-9(7-15)6-10(14)8-16-13/h2-6,8H,7,15H2,1H3. The van der Waals surface area contributed by atoms with Gasteiger partial charge in [-0.05, 0) is 30.3 Å². The van der Waals surface area contributed by atoms with Gasteiger partial charge in [-0.15, -0.1) is 0 Å². The molecule has 0 amide bonds. The molecular weight excluding hydrogens is 283 g/mol. The highest BCUT2D eigenvalue weighted by molar-refractivity contribution is 7.90. The van der Waals surface area contributed by atoms with Crippen LogP contribution in [0.2, 0.25) is 0 Å². The fourth-order valence-electron chi connectivity index (χ4n) is 1.57. The Balaban J connectivity index is 2.27. The van der Waals surface area contributed by atoms with Gasteiger partial charge in [-0.25, -0.2) is 17.8 Å². The smallest absolute Gasteiger partial charge is 0.223 e. The van der Waals surface area contributed by atoms with Gasteiger partial charge in [-0.1, -0.05) is 0 Å². The van der Waals surface area contributed by atoms with Crippen LogP contribution in [0.3, 0.4) is 0 Å². The third-order valence-corrected chi connectivity index (χ3v) is 3.71. The first-order valence-electron chi connectivity index (χ1n) is 5.72. The Morgan fingerprint density at radius 1 is 1.30 bits per heavy atom. The van der Waals surface area contributed by atoms with Gasteiger partial charge in [0, 0.05) is 18.4 Å². The van der Waals surface area contributed by atoms with Gasteiger partial charge < -0.3 is 10.5 Å². The van der Waals surface area contributed by atoms with E-state index in [2.05, 4.69) is 4.98 Å². The molecule has 0 bridgehead atoms. The summed E-state index contributed by atoms with van der Waals surface area (Å²) in [7, 11) is -3.25. The third-order valence-electron chi connectivity index (χ3n) is 2.58. The van der Waals surface area contributed by atoms with Crippen molar-refractivity contribution in [2.45, 2.75) is 11.4 Å². The molecule has 0 fully saturated rings. The molecule has 0 radical (unpaired) electrons. The van der Waals surface area contributed by atoms with Gasteiger partial charge in [0.25, 0.3) is 0 Å². The monoisotopic (exact) mass is 296 g/mol. The average molecular weight is 296 g/mol. The Bertz CT molecular complexity index is 715. The van der Waals surface area contributed by atoms with E-state index in [1.807, 2.05) is 0 Å². The van der Waals surface area contributed by atoms with Crippen molar-refractivity contribution in [1.29, 1.82) is 0 Å². The molecule has 106 valence electrons. The number of halogens is 1. The SMILES string of the molecule is CS(=O)(=O)c1ccc(Oc2ncc(F)cc2CN)cc1. The molecule has 0 saturated carbocycles. The molecular formula is C13H13FN2O3S. The first-order chi connectivity index (χ1) is 9.40. The van der Waals surface area contributed by atoms with Crippen LogP contribution in [0.15, 0.2) is 41.4 Å². The lowest BCUT2D eigenvalue weighted by molar-refractivity contribution is 0.451. The summed E-state index contributed by atoms with van der Waals surface area (Å²) in [6, 6.07) is 7.10. The number of aromatic nitrogens is 1. The van der Waals surface area contributed by atoms with Crippen molar-refractivity contribution in [3.8, 4) is 11.6 Å². The molecule has 20 heavy (non-hydrogen) atoms. The minimum absolute atomic E-state index is 0.0848. The number of nitrogens with zero attached hydrogens (tertiary/aromatic N) is 1. The van der Waals surface area contributed by atoms with E-state index in [1.165, 1.54) is 30.3 Å². The molecule has 0 aliphatic heterocycles. The van der Waals surface area contributed by atoms with Crippen LogP contribution in [0.5, 0.6) is 11.6 Å². The van der Waals surface area contributed by atoms with Gasteiger partial charge in [-0.2, -0.15) is 0 Å². The van der Waals surface area contributed by atoms with Crippen molar-refractivity contribution in [1.82, 2.24) is 4.98 Å². The van der Waals surface area contributed by atoms with Gasteiger partial charge >= 0.3 is 0 Å². The molecule has 2 rings (SSSR count). The summed E-state index contributed by atoms with van der Waals surface area (Å²) in [5.41, 5.74) is 5.92. The number of nitrogens with two attached hydrogens (primary N) is 1. The van der Waals surface area contributed by atoms with Crippen LogP contribution in [0.25, 0.3) is 0 Å². The highest BCUT2D eigenvalue weighted by atomic mass is 32.2. The number of benzene rings is 1. The summed E-state index contributed by atoms with van der Waals surface area (Å²) in [4.78, 5) is 4.01. The Labute approximate surface area is 116 Å². The summed E-state index contributed by atoms with van der Waals surface area (Å²) in [6.45, 7) is 0.0848. The highest BCUT2D eigenvalue weighted by Crippen LogP contribution is 2.24.